The minimum Gasteiger partial charge on any atom is -0.491 e. The van der Waals surface area contributed by atoms with E-state index in [1.165, 1.54) is 18.3 Å². The second-order valence-electron chi connectivity index (χ2n) is 21.1. The van der Waals surface area contributed by atoms with Crippen molar-refractivity contribution in [2.45, 2.75) is 107 Å². The fourth-order valence-corrected chi connectivity index (χ4v) is 12.9. The number of ether oxygens (including phenoxy) is 4. The van der Waals surface area contributed by atoms with Crippen LogP contribution < -0.4 is 29.3 Å². The molecule has 4 N–H and O–H groups in total. The second-order valence-corrected chi connectivity index (χ2v) is 22.8. The Balaban J connectivity index is 0.878. The van der Waals surface area contributed by atoms with E-state index in [1.807, 2.05) is 43.0 Å². The number of carbonyl (C=O) groups is 1. The Morgan fingerprint density at radius 1 is 1.03 bits per heavy atom. The minimum atomic E-state index is -4.68. The Bertz CT molecular complexity index is 3000. The number of hydrogen-bond donors (Lipinski definition) is 4. The molecule has 2 aliphatic carbocycles. The first-order valence-electron chi connectivity index (χ1n) is 25.0. The van der Waals surface area contributed by atoms with E-state index in [1.54, 1.807) is 19.1 Å². The third kappa shape index (κ3) is 9.20. The van der Waals surface area contributed by atoms with Crippen LogP contribution in [-0.2, 0) is 19.5 Å². The Morgan fingerprint density at radius 2 is 1.81 bits per heavy atom. The smallest absolute Gasteiger partial charge is 0.293 e. The number of fused-ring (bicyclic) bond motifs is 3. The van der Waals surface area contributed by atoms with Gasteiger partial charge >= 0.3 is 0 Å². The number of halogens is 1. The number of aromatic amines is 1. The molecule has 1 amide bonds. The molecule has 3 atom stereocenters. The van der Waals surface area contributed by atoms with E-state index >= 15 is 4.39 Å². The molecule has 20 heteroatoms. The van der Waals surface area contributed by atoms with Crippen LogP contribution in [0.3, 0.4) is 0 Å². The molecule has 3 aromatic carbocycles. The molecule has 3 saturated heterocycles. The van der Waals surface area contributed by atoms with Gasteiger partial charge in [-0.1, -0.05) is 18.2 Å². The first-order chi connectivity index (χ1) is 34.5. The highest BCUT2D eigenvalue weighted by Gasteiger charge is 2.55. The van der Waals surface area contributed by atoms with Gasteiger partial charge in [-0.25, -0.2) is 17.5 Å². The molecule has 11 rings (SSSR count). The predicted octanol–water partition coefficient (Wildman–Crippen LogP) is 7.60. The van der Waals surface area contributed by atoms with E-state index < -0.39 is 55.0 Å². The van der Waals surface area contributed by atoms with Crippen LogP contribution in [0.25, 0.3) is 11.0 Å². The van der Waals surface area contributed by atoms with E-state index in [0.29, 0.717) is 63.0 Å². The van der Waals surface area contributed by atoms with Crippen LogP contribution in [-0.4, -0.2) is 122 Å². The topological polar surface area (TPSA) is 214 Å². The molecule has 0 unspecified atom stereocenters. The maximum absolute atomic E-state index is 15.3. The quantitative estimate of drug-likeness (QED) is 0.0660. The summed E-state index contributed by atoms with van der Waals surface area (Å²) in [6, 6.07) is 18.7. The van der Waals surface area contributed by atoms with Crippen molar-refractivity contribution >= 4 is 55.4 Å². The highest BCUT2D eigenvalue weighted by Crippen LogP contribution is 2.54. The average Bonchev–Trinajstić information content (AvgIpc) is 3.69. The zero-order valence-electron chi connectivity index (χ0n) is 40.6. The molecule has 72 heavy (non-hydrogen) atoms. The van der Waals surface area contributed by atoms with E-state index in [2.05, 4.69) is 41.9 Å². The first-order valence-corrected chi connectivity index (χ1v) is 26.5. The first kappa shape index (κ1) is 48.2. The monoisotopic (exact) mass is 1010 g/mol. The lowest BCUT2D eigenvalue weighted by molar-refractivity contribution is -0.384. The number of aromatic nitrogens is 2. The van der Waals surface area contributed by atoms with Gasteiger partial charge in [-0.2, -0.15) is 4.98 Å². The maximum atomic E-state index is 15.3. The SMILES string of the molecule is CC(C)Oc1ccccc1[C@@H]1COCCN1C1CC2(C1)CN(c1ccc(C(=O)NS(=O)(=O)c3ccc(NC[C@H]4CC[C@](C)(O)CC4)c([N+](=O)[O-])c3)c(N3c4cc5c(F)c[nH]c5nc4O[C@H]4COCC[C@@H]43)c1)C2. The number of benzene rings is 3. The van der Waals surface area contributed by atoms with Crippen LogP contribution in [0.2, 0.25) is 0 Å². The van der Waals surface area contributed by atoms with Crippen molar-refractivity contribution < 1.29 is 46.6 Å². The molecule has 2 saturated carbocycles. The Morgan fingerprint density at radius 3 is 2.58 bits per heavy atom. The number of sulfonamides is 1. The van der Waals surface area contributed by atoms with Crippen molar-refractivity contribution in [2.75, 3.05) is 67.7 Å². The lowest BCUT2D eigenvalue weighted by Crippen LogP contribution is -2.67. The fraction of sp³-hybridized carbons (Fsp3) is 0.500. The third-order valence-corrected chi connectivity index (χ3v) is 17.0. The number of anilines is 4. The van der Waals surface area contributed by atoms with Crippen LogP contribution in [0.1, 0.15) is 87.7 Å². The predicted molar refractivity (Wildman–Crippen MR) is 267 cm³/mol. The molecule has 5 fully saturated rings. The van der Waals surface area contributed by atoms with Gasteiger partial charge in [0.2, 0.25) is 5.88 Å². The number of nitro groups is 1. The van der Waals surface area contributed by atoms with Crippen molar-refractivity contribution in [1.82, 2.24) is 19.6 Å². The van der Waals surface area contributed by atoms with Gasteiger partial charge in [0.25, 0.3) is 21.6 Å². The number of nitrogens with one attached hydrogen (secondary N) is 3. The van der Waals surface area contributed by atoms with Gasteiger partial charge < -0.3 is 44.2 Å². The molecule has 0 radical (unpaired) electrons. The Kier molecular flexibility index (Phi) is 12.6. The largest absolute Gasteiger partial charge is 0.491 e. The van der Waals surface area contributed by atoms with Crippen molar-refractivity contribution in [3.8, 4) is 11.6 Å². The van der Waals surface area contributed by atoms with Crippen LogP contribution >= 0.6 is 0 Å². The molecular formula is C52H61FN8O10S. The van der Waals surface area contributed by atoms with Crippen LogP contribution in [0.4, 0.5) is 32.8 Å². The van der Waals surface area contributed by atoms with Crippen LogP contribution in [0, 0.1) is 27.3 Å². The number of morpholine rings is 1. The number of pyridine rings is 1. The highest BCUT2D eigenvalue weighted by molar-refractivity contribution is 7.90. The average molecular weight is 1010 g/mol. The highest BCUT2D eigenvalue weighted by atomic mass is 32.2. The van der Waals surface area contributed by atoms with E-state index in [4.69, 9.17) is 18.9 Å². The second kappa shape index (κ2) is 18.8. The fourth-order valence-electron chi connectivity index (χ4n) is 11.9. The zero-order valence-corrected chi connectivity index (χ0v) is 41.5. The van der Waals surface area contributed by atoms with Crippen LogP contribution in [0.5, 0.6) is 11.6 Å². The number of H-pyrrole nitrogens is 1. The summed E-state index contributed by atoms with van der Waals surface area (Å²) in [6.45, 7) is 10.5. The maximum Gasteiger partial charge on any atom is 0.293 e. The molecule has 1 spiro atoms. The van der Waals surface area contributed by atoms with Gasteiger partial charge in [-0.05, 0) is 114 Å². The summed E-state index contributed by atoms with van der Waals surface area (Å²) in [4.78, 5) is 40.2. The number of amides is 1. The summed E-state index contributed by atoms with van der Waals surface area (Å²) in [7, 11) is -4.68. The van der Waals surface area contributed by atoms with E-state index in [9.17, 15) is 28.4 Å². The van der Waals surface area contributed by atoms with Crippen LogP contribution in [0.15, 0.2) is 77.8 Å². The molecule has 18 nitrogen and oxygen atoms in total. The number of nitrogens with zero attached hydrogens (tertiary/aromatic N) is 5. The number of hydrogen-bond acceptors (Lipinski definition) is 15. The van der Waals surface area contributed by atoms with Crippen molar-refractivity contribution in [2.24, 2.45) is 11.3 Å². The lowest BCUT2D eigenvalue weighted by atomic mass is 9.59. The summed E-state index contributed by atoms with van der Waals surface area (Å²) < 4.78 is 70.3. The Labute approximate surface area is 417 Å². The van der Waals surface area contributed by atoms with Gasteiger partial charge in [0, 0.05) is 67.8 Å². The summed E-state index contributed by atoms with van der Waals surface area (Å²) in [5.41, 5.74) is 2.03. The molecule has 0 bridgehead atoms. The molecular weight excluding hydrogens is 948 g/mol. The summed E-state index contributed by atoms with van der Waals surface area (Å²) in [5, 5.41) is 26.1. The van der Waals surface area contributed by atoms with Crippen molar-refractivity contribution in [1.29, 1.82) is 0 Å². The number of carbonyl (C=O) groups excluding carboxylic acids is 1. The van der Waals surface area contributed by atoms with Gasteiger partial charge in [0.1, 0.15) is 34.7 Å². The minimum absolute atomic E-state index is 0.00771. The number of para-hydroxylation sites is 1. The van der Waals surface area contributed by atoms with Gasteiger partial charge in [0.15, 0.2) is 0 Å². The normalized spacial score (nSPS) is 25.2. The molecule has 6 aliphatic rings. The molecule has 6 heterocycles. The summed E-state index contributed by atoms with van der Waals surface area (Å²) in [5.74, 6) is -0.236. The molecule has 5 aromatic rings. The number of nitro benzene ring substituents is 1. The molecule has 2 aromatic heterocycles. The van der Waals surface area contributed by atoms with Gasteiger partial charge in [0.05, 0.1) is 70.1 Å². The van der Waals surface area contributed by atoms with Crippen molar-refractivity contribution in [3.05, 3.63) is 100.0 Å². The number of aliphatic hydroxyl groups is 1. The lowest BCUT2D eigenvalue weighted by Gasteiger charge is -2.63. The Hall–Kier alpha value is -6.06. The summed E-state index contributed by atoms with van der Waals surface area (Å²) >= 11 is 0. The third-order valence-electron chi connectivity index (χ3n) is 15.7. The van der Waals surface area contributed by atoms with Gasteiger partial charge in [-0.15, -0.1) is 0 Å². The standard InChI is InChI=1S/C52H61FN8O10S/c1-31(2)70-46-7-5-4-6-36(46)45-27-69-19-17-59(45)34-23-52(24-34)29-58(30-52)33-8-10-37(42(20-33)60-41-14-18-68-28-47(41)71-50-44(60)22-38-39(53)26-55-48(38)56-50)49(62)57-72(66,67)35-9-11-40(43(21-35)61(64)65)54-25-32-12-15-51(3,63)16-13-32/h4-11,20-22,26,31-32,34,41,45,47,54,63H,12-19,23-25,27-30H2,1-3H3,(H,55,56)(H,57,62)/t32-,41-,45-,47-,51-/m0/s1. The number of rotatable bonds is 13. The van der Waals surface area contributed by atoms with E-state index in [0.717, 1.165) is 68.4 Å². The van der Waals surface area contributed by atoms with Crippen molar-refractivity contribution in [3.63, 3.8) is 0 Å². The van der Waals surface area contributed by atoms with E-state index in [-0.39, 0.29) is 58.2 Å². The van der Waals surface area contributed by atoms with Gasteiger partial charge in [-0.3, -0.25) is 19.8 Å². The molecule has 4 aliphatic heterocycles. The summed E-state index contributed by atoms with van der Waals surface area (Å²) in [6.07, 6.45) is 5.91. The molecule has 382 valence electrons. The zero-order chi connectivity index (χ0) is 50.1.